The largest absolute Gasteiger partial charge is 0.419 e. The lowest BCUT2D eigenvalue weighted by Crippen LogP contribution is -2.46. The number of alkyl halides is 3. The number of piperazine rings is 1. The van der Waals surface area contributed by atoms with Crippen molar-refractivity contribution in [3.05, 3.63) is 35.1 Å². The van der Waals surface area contributed by atoms with Crippen molar-refractivity contribution < 1.29 is 17.6 Å². The molecule has 0 aromatic heterocycles. The molecule has 1 aliphatic heterocycles. The van der Waals surface area contributed by atoms with Crippen molar-refractivity contribution in [3.63, 3.8) is 0 Å². The summed E-state index contributed by atoms with van der Waals surface area (Å²) in [5, 5.41) is 3.29. The van der Waals surface area contributed by atoms with Crippen LogP contribution in [-0.2, 0) is 6.18 Å². The van der Waals surface area contributed by atoms with Gasteiger partial charge in [0.15, 0.2) is 0 Å². The first-order chi connectivity index (χ1) is 11.0. The topological polar surface area (TPSA) is 15.3 Å². The van der Waals surface area contributed by atoms with E-state index in [4.69, 9.17) is 0 Å². The molecule has 128 valence electrons. The Bertz CT molecular complexity index is 532. The van der Waals surface area contributed by atoms with Crippen molar-refractivity contribution in [2.24, 2.45) is 5.92 Å². The molecule has 1 saturated carbocycles. The predicted molar refractivity (Wildman–Crippen MR) is 80.5 cm³/mol. The Labute approximate surface area is 133 Å². The molecule has 6 heteroatoms. The zero-order chi connectivity index (χ0) is 16.4. The Balaban J connectivity index is 1.91. The smallest absolute Gasteiger partial charge is 0.314 e. The number of rotatable bonds is 3. The number of hydrogen-bond acceptors (Lipinski definition) is 2. The van der Waals surface area contributed by atoms with Crippen LogP contribution in [0.15, 0.2) is 18.2 Å². The van der Waals surface area contributed by atoms with Gasteiger partial charge in [-0.3, -0.25) is 4.90 Å². The van der Waals surface area contributed by atoms with Crippen molar-refractivity contribution in [2.45, 2.75) is 37.9 Å². The third kappa shape index (κ3) is 3.69. The molecule has 2 aliphatic rings. The van der Waals surface area contributed by atoms with Crippen LogP contribution >= 0.6 is 0 Å². The highest BCUT2D eigenvalue weighted by Gasteiger charge is 2.36. The summed E-state index contributed by atoms with van der Waals surface area (Å²) in [5.74, 6) is -0.752. The maximum atomic E-state index is 14.0. The maximum absolute atomic E-state index is 14.0. The van der Waals surface area contributed by atoms with Gasteiger partial charge < -0.3 is 5.32 Å². The minimum atomic E-state index is -4.64. The fourth-order valence-corrected chi connectivity index (χ4v) is 3.96. The number of nitrogens with one attached hydrogen (secondary N) is 1. The van der Waals surface area contributed by atoms with Gasteiger partial charge in [-0.15, -0.1) is 0 Å². The van der Waals surface area contributed by atoms with Gasteiger partial charge in [-0.2, -0.15) is 13.2 Å². The molecule has 0 spiro atoms. The lowest BCUT2D eigenvalue weighted by molar-refractivity contribution is -0.140. The lowest BCUT2D eigenvalue weighted by Gasteiger charge is -2.38. The van der Waals surface area contributed by atoms with E-state index in [0.29, 0.717) is 11.5 Å². The molecule has 2 fully saturated rings. The van der Waals surface area contributed by atoms with Gasteiger partial charge in [0.2, 0.25) is 0 Å². The molecule has 1 N–H and O–H groups in total. The molecule has 1 aliphatic carbocycles. The third-order valence-corrected chi connectivity index (χ3v) is 5.03. The Hall–Kier alpha value is -1.14. The first-order valence-corrected chi connectivity index (χ1v) is 8.28. The van der Waals surface area contributed by atoms with Crippen LogP contribution in [0.5, 0.6) is 0 Å². The summed E-state index contributed by atoms with van der Waals surface area (Å²) in [7, 11) is 0. The second kappa shape index (κ2) is 6.77. The van der Waals surface area contributed by atoms with Crippen LogP contribution in [0.3, 0.4) is 0 Å². The van der Waals surface area contributed by atoms with Gasteiger partial charge in [-0.1, -0.05) is 18.9 Å². The lowest BCUT2D eigenvalue weighted by atomic mass is 9.89. The quantitative estimate of drug-likeness (QED) is 0.844. The number of nitrogens with zero attached hydrogens (tertiary/aromatic N) is 1. The van der Waals surface area contributed by atoms with Crippen molar-refractivity contribution in [1.82, 2.24) is 10.2 Å². The van der Waals surface area contributed by atoms with Gasteiger partial charge in [-0.05, 0) is 36.5 Å². The molecule has 0 radical (unpaired) electrons. The van der Waals surface area contributed by atoms with Gasteiger partial charge in [0.05, 0.1) is 5.56 Å². The minimum Gasteiger partial charge on any atom is -0.314 e. The second-order valence-corrected chi connectivity index (χ2v) is 6.51. The van der Waals surface area contributed by atoms with Crippen molar-refractivity contribution >= 4 is 0 Å². The van der Waals surface area contributed by atoms with Crippen LogP contribution < -0.4 is 5.32 Å². The van der Waals surface area contributed by atoms with E-state index in [-0.39, 0.29) is 6.04 Å². The van der Waals surface area contributed by atoms with Gasteiger partial charge in [0.25, 0.3) is 0 Å². The molecule has 2 nitrogen and oxygen atoms in total. The molecular weight excluding hydrogens is 308 g/mol. The van der Waals surface area contributed by atoms with Crippen molar-refractivity contribution in [1.29, 1.82) is 0 Å². The Morgan fingerprint density at radius 1 is 1.09 bits per heavy atom. The highest BCUT2D eigenvalue weighted by molar-refractivity contribution is 5.29. The fraction of sp³-hybridized carbons (Fsp3) is 0.647. The number of hydrogen-bond donors (Lipinski definition) is 1. The first kappa shape index (κ1) is 16.7. The molecular formula is C17H22F4N2. The predicted octanol–water partition coefficient (Wildman–Crippen LogP) is 3.98. The number of halogens is 4. The van der Waals surface area contributed by atoms with E-state index in [2.05, 4.69) is 10.2 Å². The Morgan fingerprint density at radius 3 is 2.30 bits per heavy atom. The summed E-state index contributed by atoms with van der Waals surface area (Å²) in [6, 6.07) is 3.50. The van der Waals surface area contributed by atoms with E-state index in [1.54, 1.807) is 0 Å². The molecule has 1 aromatic carbocycles. The van der Waals surface area contributed by atoms with Gasteiger partial charge in [-0.25, -0.2) is 4.39 Å². The molecule has 23 heavy (non-hydrogen) atoms. The summed E-state index contributed by atoms with van der Waals surface area (Å²) in [6.45, 7) is 3.44. The van der Waals surface area contributed by atoms with E-state index in [1.807, 2.05) is 0 Å². The Kier molecular flexibility index (Phi) is 4.92. The van der Waals surface area contributed by atoms with E-state index in [0.717, 1.165) is 64.0 Å². The highest BCUT2D eigenvalue weighted by atomic mass is 19.4. The van der Waals surface area contributed by atoms with Crippen LogP contribution in [-0.4, -0.2) is 31.1 Å². The standard InChI is InChI=1S/C17H22F4N2/c18-15-11-13(5-6-14(15)17(19,20)21)16(12-3-1-2-4-12)23-9-7-22-8-10-23/h5-6,11-12,16,22H,1-4,7-10H2/t16-/m1/s1. The summed E-state index contributed by atoms with van der Waals surface area (Å²) in [4.78, 5) is 2.30. The SMILES string of the molecule is Fc1cc([C@@H](C2CCCC2)N2CCNCC2)ccc1C(F)(F)F. The highest BCUT2D eigenvalue weighted by Crippen LogP contribution is 2.41. The average Bonchev–Trinajstić information content (AvgIpc) is 3.01. The molecule has 3 rings (SSSR count). The maximum Gasteiger partial charge on any atom is 0.419 e. The summed E-state index contributed by atoms with van der Waals surface area (Å²) in [6.07, 6.45) is -0.207. The number of benzene rings is 1. The normalized spacial score (nSPS) is 22.4. The average molecular weight is 330 g/mol. The van der Waals surface area contributed by atoms with Crippen LogP contribution in [0.4, 0.5) is 17.6 Å². The molecule has 1 aromatic rings. The van der Waals surface area contributed by atoms with Crippen LogP contribution in [0.25, 0.3) is 0 Å². The molecule has 1 saturated heterocycles. The van der Waals surface area contributed by atoms with Gasteiger partial charge in [0, 0.05) is 32.2 Å². The van der Waals surface area contributed by atoms with Crippen LogP contribution in [0.2, 0.25) is 0 Å². The Morgan fingerprint density at radius 2 is 1.74 bits per heavy atom. The fourth-order valence-electron chi connectivity index (χ4n) is 3.96. The van der Waals surface area contributed by atoms with Gasteiger partial charge in [0.1, 0.15) is 5.82 Å². The summed E-state index contributed by atoms with van der Waals surface area (Å²) < 4.78 is 52.3. The minimum absolute atomic E-state index is 0.0244. The van der Waals surface area contributed by atoms with Gasteiger partial charge >= 0.3 is 6.18 Å². The zero-order valence-electron chi connectivity index (χ0n) is 13.0. The van der Waals surface area contributed by atoms with Crippen LogP contribution in [0.1, 0.15) is 42.9 Å². The van der Waals surface area contributed by atoms with E-state index < -0.39 is 17.6 Å². The zero-order valence-corrected chi connectivity index (χ0v) is 13.0. The molecule has 0 unspecified atom stereocenters. The molecule has 1 heterocycles. The van der Waals surface area contributed by atoms with E-state index in [1.165, 1.54) is 6.07 Å². The van der Waals surface area contributed by atoms with E-state index >= 15 is 0 Å². The molecule has 0 bridgehead atoms. The van der Waals surface area contributed by atoms with Crippen molar-refractivity contribution in [3.8, 4) is 0 Å². The first-order valence-electron chi connectivity index (χ1n) is 8.28. The monoisotopic (exact) mass is 330 g/mol. The molecule has 0 amide bonds. The summed E-state index contributed by atoms with van der Waals surface area (Å²) in [5.41, 5.74) is -0.490. The van der Waals surface area contributed by atoms with Crippen molar-refractivity contribution in [2.75, 3.05) is 26.2 Å². The van der Waals surface area contributed by atoms with Crippen LogP contribution in [0, 0.1) is 11.7 Å². The third-order valence-electron chi connectivity index (χ3n) is 5.03. The second-order valence-electron chi connectivity index (χ2n) is 6.51. The molecule has 1 atom stereocenters. The van der Waals surface area contributed by atoms with E-state index in [9.17, 15) is 17.6 Å². The summed E-state index contributed by atoms with van der Waals surface area (Å²) >= 11 is 0.